The quantitative estimate of drug-likeness (QED) is 0.542. The molecule has 1 rings (SSSR count). The minimum Gasteiger partial charge on any atom is -0.744 e. The first-order chi connectivity index (χ1) is 6.49. The van der Waals surface area contributed by atoms with Gasteiger partial charge in [0.1, 0.15) is 10.1 Å². The number of methoxy groups -OCH3 is 1. The fraction of sp³-hybridized carbons (Fsp3) is 0.143. The molecule has 0 radical (unpaired) electrons. The summed E-state index contributed by atoms with van der Waals surface area (Å²) in [6.45, 7) is 0. The van der Waals surface area contributed by atoms with Crippen LogP contribution in [0.5, 0.6) is 5.75 Å². The highest BCUT2D eigenvalue weighted by Crippen LogP contribution is 2.29. The van der Waals surface area contributed by atoms with Gasteiger partial charge in [-0.1, -0.05) is 0 Å². The minimum atomic E-state index is -4.54. The van der Waals surface area contributed by atoms with Crippen LogP contribution in [0.15, 0.2) is 23.1 Å². The van der Waals surface area contributed by atoms with Gasteiger partial charge in [-0.3, -0.25) is 0 Å². The first-order valence-corrected chi connectivity index (χ1v) is 4.89. The fourth-order valence-corrected chi connectivity index (χ4v) is 1.39. The molecule has 6 nitrogen and oxygen atoms in total. The Kier molecular flexibility index (Phi) is 2.69. The molecule has 0 bridgehead atoms. The zero-order valence-corrected chi connectivity index (χ0v) is 7.98. The normalized spacial score (nSPS) is 10.6. The maximum absolute atomic E-state index is 10.6. The summed E-state index contributed by atoms with van der Waals surface area (Å²) in [5, 5.41) is 8.49. The molecule has 0 fully saturated rings. The Morgan fingerprint density at radius 3 is 2.57 bits per heavy atom. The fourth-order valence-electron chi connectivity index (χ4n) is 0.903. The monoisotopic (exact) mass is 214 g/mol. The number of diazo groups is 1. The number of nitrogens with zero attached hydrogens (tertiary/aromatic N) is 2. The molecule has 0 saturated heterocycles. The van der Waals surface area contributed by atoms with Gasteiger partial charge < -0.3 is 9.29 Å². The average molecular weight is 214 g/mol. The number of ether oxygens (including phenoxy) is 1. The summed E-state index contributed by atoms with van der Waals surface area (Å²) in [6.07, 6.45) is 0. The van der Waals surface area contributed by atoms with Gasteiger partial charge >= 0.3 is 5.69 Å². The van der Waals surface area contributed by atoms with Gasteiger partial charge in [-0.15, -0.1) is 0 Å². The lowest BCUT2D eigenvalue weighted by Gasteiger charge is -2.05. The molecule has 0 atom stereocenters. The Labute approximate surface area is 80.5 Å². The molecule has 0 aliphatic rings. The van der Waals surface area contributed by atoms with Crippen molar-refractivity contribution in [2.24, 2.45) is 0 Å². The third-order valence-corrected chi connectivity index (χ3v) is 2.38. The van der Waals surface area contributed by atoms with Crippen LogP contribution in [0.4, 0.5) is 5.69 Å². The van der Waals surface area contributed by atoms with Gasteiger partial charge in [0.25, 0.3) is 0 Å². The largest absolute Gasteiger partial charge is 0.744 e. The SMILES string of the molecule is COc1ccc(S(=O)(=O)[O-])cc1[N+]#N. The lowest BCUT2D eigenvalue weighted by atomic mass is 10.3. The highest BCUT2D eigenvalue weighted by Gasteiger charge is 2.17. The highest BCUT2D eigenvalue weighted by atomic mass is 32.2. The molecule has 0 unspecified atom stereocenters. The summed E-state index contributed by atoms with van der Waals surface area (Å²) >= 11 is 0. The molecule has 0 aliphatic heterocycles. The molecule has 0 spiro atoms. The topological polar surface area (TPSA) is 94.6 Å². The van der Waals surface area contributed by atoms with Crippen LogP contribution in [-0.2, 0) is 10.1 Å². The highest BCUT2D eigenvalue weighted by molar-refractivity contribution is 7.85. The van der Waals surface area contributed by atoms with Gasteiger partial charge in [-0.2, -0.15) is 0 Å². The Hall–Kier alpha value is -1.65. The first-order valence-electron chi connectivity index (χ1n) is 3.48. The molecule has 0 aromatic heterocycles. The minimum absolute atomic E-state index is 0.107. The maximum atomic E-state index is 10.6. The van der Waals surface area contributed by atoms with Crippen molar-refractivity contribution in [1.29, 1.82) is 5.39 Å². The van der Waals surface area contributed by atoms with E-state index in [0.29, 0.717) is 0 Å². The Bertz CT molecular complexity index is 489. The molecule has 0 amide bonds. The van der Waals surface area contributed by atoms with E-state index in [1.165, 1.54) is 13.2 Å². The third-order valence-electron chi connectivity index (χ3n) is 1.55. The van der Waals surface area contributed by atoms with Crippen LogP contribution in [-0.4, -0.2) is 20.1 Å². The zero-order chi connectivity index (χ0) is 10.8. The van der Waals surface area contributed by atoms with Crippen LogP contribution >= 0.6 is 0 Å². The number of hydrogen-bond donors (Lipinski definition) is 0. The summed E-state index contributed by atoms with van der Waals surface area (Å²) in [6, 6.07) is 3.25. The molecular weight excluding hydrogens is 208 g/mol. The maximum Gasteiger partial charge on any atom is 0.427 e. The molecule has 7 heteroatoms. The van der Waals surface area contributed by atoms with E-state index >= 15 is 0 Å². The number of rotatable bonds is 2. The summed E-state index contributed by atoms with van der Waals surface area (Å²) in [5.41, 5.74) is -0.107. The van der Waals surface area contributed by atoms with Crippen LogP contribution < -0.4 is 4.74 Å². The van der Waals surface area contributed by atoms with E-state index in [2.05, 4.69) is 4.98 Å². The lowest BCUT2D eigenvalue weighted by molar-refractivity contribution is 0.416. The molecule has 1 aromatic rings. The Morgan fingerprint density at radius 2 is 2.14 bits per heavy atom. The lowest BCUT2D eigenvalue weighted by Crippen LogP contribution is -1.98. The van der Waals surface area contributed by atoms with Crippen molar-refractivity contribution in [3.05, 3.63) is 23.2 Å². The van der Waals surface area contributed by atoms with Crippen molar-refractivity contribution >= 4 is 15.8 Å². The first kappa shape index (κ1) is 10.4. The van der Waals surface area contributed by atoms with E-state index in [1.807, 2.05) is 0 Å². The molecule has 74 valence electrons. The van der Waals surface area contributed by atoms with Crippen molar-refractivity contribution < 1.29 is 17.7 Å². The number of benzene rings is 1. The van der Waals surface area contributed by atoms with Gasteiger partial charge in [0.15, 0.2) is 4.98 Å². The molecule has 0 heterocycles. The summed E-state index contributed by atoms with van der Waals surface area (Å²) in [4.78, 5) is 2.32. The van der Waals surface area contributed by atoms with E-state index in [1.54, 1.807) is 0 Å². The molecule has 0 saturated carbocycles. The molecule has 1 aromatic carbocycles. The van der Waals surface area contributed by atoms with E-state index in [0.717, 1.165) is 12.1 Å². The average Bonchev–Trinajstić information content (AvgIpc) is 2.15. The van der Waals surface area contributed by atoms with Crippen LogP contribution in [0.25, 0.3) is 4.98 Å². The van der Waals surface area contributed by atoms with Gasteiger partial charge in [0, 0.05) is 0 Å². The second-order valence-corrected chi connectivity index (χ2v) is 3.77. The van der Waals surface area contributed by atoms with Crippen LogP contribution in [0.2, 0.25) is 0 Å². The number of hydrogen-bond acceptors (Lipinski definition) is 5. The van der Waals surface area contributed by atoms with E-state index in [9.17, 15) is 13.0 Å². The molecule has 0 N–H and O–H groups in total. The summed E-state index contributed by atoms with van der Waals surface area (Å²) in [5.74, 6) is 0.180. The molecule has 14 heavy (non-hydrogen) atoms. The van der Waals surface area contributed by atoms with E-state index in [4.69, 9.17) is 10.1 Å². The summed E-state index contributed by atoms with van der Waals surface area (Å²) < 4.78 is 36.5. The third kappa shape index (κ3) is 1.99. The second-order valence-electron chi connectivity index (χ2n) is 2.39. The van der Waals surface area contributed by atoms with Crippen molar-refractivity contribution in [3.8, 4) is 5.75 Å². The van der Waals surface area contributed by atoms with Crippen LogP contribution in [0.1, 0.15) is 0 Å². The van der Waals surface area contributed by atoms with Gasteiger partial charge in [0.05, 0.1) is 18.1 Å². The van der Waals surface area contributed by atoms with Gasteiger partial charge in [-0.25, -0.2) is 8.42 Å². The Morgan fingerprint density at radius 1 is 1.50 bits per heavy atom. The van der Waals surface area contributed by atoms with Gasteiger partial charge in [0.2, 0.25) is 11.1 Å². The van der Waals surface area contributed by atoms with Crippen molar-refractivity contribution in [2.75, 3.05) is 7.11 Å². The predicted octanol–water partition coefficient (Wildman–Crippen LogP) is 1.08. The van der Waals surface area contributed by atoms with E-state index in [-0.39, 0.29) is 11.4 Å². The smallest absolute Gasteiger partial charge is 0.427 e. The van der Waals surface area contributed by atoms with Gasteiger partial charge in [-0.05, 0) is 12.1 Å². The van der Waals surface area contributed by atoms with Crippen LogP contribution in [0.3, 0.4) is 0 Å². The van der Waals surface area contributed by atoms with Crippen molar-refractivity contribution in [2.45, 2.75) is 4.90 Å². The van der Waals surface area contributed by atoms with Crippen molar-refractivity contribution in [1.82, 2.24) is 0 Å². The second kappa shape index (κ2) is 3.61. The van der Waals surface area contributed by atoms with Crippen LogP contribution in [0, 0.1) is 5.39 Å². The zero-order valence-electron chi connectivity index (χ0n) is 7.17. The summed E-state index contributed by atoms with van der Waals surface area (Å²) in [7, 11) is -3.21. The predicted molar refractivity (Wildman–Crippen MR) is 45.7 cm³/mol. The molecule has 0 aliphatic carbocycles. The Balaban J connectivity index is 3.38. The molecular formula is C7H6N2O4S. The van der Waals surface area contributed by atoms with E-state index < -0.39 is 15.0 Å². The standard InChI is InChI=1S/C7H6N2O4S/c1-13-7-3-2-5(14(10,11)12)4-6(7)9-8/h2-4H,1H3. The van der Waals surface area contributed by atoms with Crippen molar-refractivity contribution in [3.63, 3.8) is 0 Å².